The molecule has 3 aromatic carbocycles. The van der Waals surface area contributed by atoms with Gasteiger partial charge in [-0.3, -0.25) is 4.79 Å². The molecule has 0 aliphatic carbocycles. The first-order valence-electron chi connectivity index (χ1n) is 11.0. The molecule has 1 aliphatic rings. The SMILES string of the molecule is CN(Cc1cccc2ccccc12)C(=O)NCC(C(=O)N1CCOCC1)c1ccccc1. The lowest BCUT2D eigenvalue weighted by Crippen LogP contribution is -2.46. The van der Waals surface area contributed by atoms with Crippen molar-refractivity contribution in [2.24, 2.45) is 0 Å². The average Bonchev–Trinajstić information content (AvgIpc) is 2.85. The summed E-state index contributed by atoms with van der Waals surface area (Å²) in [4.78, 5) is 29.6. The van der Waals surface area contributed by atoms with Gasteiger partial charge in [0.05, 0.1) is 19.1 Å². The molecule has 3 aromatic rings. The first-order chi connectivity index (χ1) is 15.6. The maximum atomic E-state index is 13.2. The smallest absolute Gasteiger partial charge is 0.317 e. The van der Waals surface area contributed by atoms with Gasteiger partial charge >= 0.3 is 6.03 Å². The first kappa shape index (κ1) is 21.8. The van der Waals surface area contributed by atoms with E-state index in [0.717, 1.165) is 21.9 Å². The number of carbonyl (C=O) groups is 2. The molecule has 6 nitrogen and oxygen atoms in total. The number of nitrogens with one attached hydrogen (secondary N) is 1. The van der Waals surface area contributed by atoms with Gasteiger partial charge in [0.2, 0.25) is 5.91 Å². The molecule has 0 saturated carbocycles. The van der Waals surface area contributed by atoms with E-state index >= 15 is 0 Å². The third-order valence-electron chi connectivity index (χ3n) is 5.91. The number of amides is 3. The van der Waals surface area contributed by atoms with E-state index in [1.54, 1.807) is 11.9 Å². The Bertz CT molecular complexity index is 1060. The highest BCUT2D eigenvalue weighted by molar-refractivity contribution is 5.87. The number of ether oxygens (including phenoxy) is 1. The Morgan fingerprint density at radius 1 is 0.969 bits per heavy atom. The Morgan fingerprint density at radius 3 is 2.44 bits per heavy atom. The normalized spacial score (nSPS) is 14.7. The molecule has 166 valence electrons. The number of carbonyl (C=O) groups excluding carboxylic acids is 2. The number of morpholine rings is 1. The Labute approximate surface area is 188 Å². The minimum atomic E-state index is -0.427. The summed E-state index contributed by atoms with van der Waals surface area (Å²) in [5.74, 6) is -0.402. The lowest BCUT2D eigenvalue weighted by Gasteiger charge is -2.31. The summed E-state index contributed by atoms with van der Waals surface area (Å²) in [6.45, 7) is 2.99. The van der Waals surface area contributed by atoms with E-state index in [1.165, 1.54) is 0 Å². The van der Waals surface area contributed by atoms with Crippen LogP contribution in [0.4, 0.5) is 4.79 Å². The fourth-order valence-corrected chi connectivity index (χ4v) is 4.12. The van der Waals surface area contributed by atoms with Gasteiger partial charge in [0.1, 0.15) is 0 Å². The number of benzene rings is 3. The van der Waals surface area contributed by atoms with Gasteiger partial charge in [0.25, 0.3) is 0 Å². The minimum absolute atomic E-state index is 0.0245. The van der Waals surface area contributed by atoms with Crippen molar-refractivity contribution in [1.82, 2.24) is 15.1 Å². The number of nitrogens with zero attached hydrogens (tertiary/aromatic N) is 2. The molecule has 6 heteroatoms. The first-order valence-corrected chi connectivity index (χ1v) is 11.0. The summed E-state index contributed by atoms with van der Waals surface area (Å²) in [5, 5.41) is 5.27. The van der Waals surface area contributed by atoms with Crippen LogP contribution in [0.25, 0.3) is 10.8 Å². The molecule has 0 bridgehead atoms. The maximum Gasteiger partial charge on any atom is 0.317 e. The van der Waals surface area contributed by atoms with Gasteiger partial charge < -0.3 is 19.9 Å². The zero-order valence-electron chi connectivity index (χ0n) is 18.4. The zero-order valence-corrected chi connectivity index (χ0v) is 18.4. The molecule has 1 atom stereocenters. The van der Waals surface area contributed by atoms with Crippen molar-refractivity contribution in [2.75, 3.05) is 39.9 Å². The molecule has 32 heavy (non-hydrogen) atoms. The quantitative estimate of drug-likeness (QED) is 0.648. The van der Waals surface area contributed by atoms with Crippen molar-refractivity contribution in [2.45, 2.75) is 12.5 Å². The van der Waals surface area contributed by atoms with E-state index in [4.69, 9.17) is 4.74 Å². The molecule has 1 unspecified atom stereocenters. The number of rotatable bonds is 6. The molecule has 1 aliphatic heterocycles. The summed E-state index contributed by atoms with van der Waals surface area (Å²) in [7, 11) is 1.78. The van der Waals surface area contributed by atoms with Crippen molar-refractivity contribution in [3.05, 3.63) is 83.9 Å². The van der Waals surface area contributed by atoms with Crippen LogP contribution in [0.5, 0.6) is 0 Å². The zero-order chi connectivity index (χ0) is 22.3. The maximum absolute atomic E-state index is 13.2. The van der Waals surface area contributed by atoms with Crippen molar-refractivity contribution in [3.8, 4) is 0 Å². The number of hydrogen-bond donors (Lipinski definition) is 1. The average molecular weight is 432 g/mol. The van der Waals surface area contributed by atoms with E-state index in [-0.39, 0.29) is 18.5 Å². The summed E-state index contributed by atoms with van der Waals surface area (Å²) in [5.41, 5.74) is 1.99. The predicted molar refractivity (Wildman–Crippen MR) is 125 cm³/mol. The van der Waals surface area contributed by atoms with Gasteiger partial charge in [-0.1, -0.05) is 72.8 Å². The van der Waals surface area contributed by atoms with E-state index in [9.17, 15) is 9.59 Å². The Hall–Kier alpha value is -3.38. The number of urea groups is 1. The molecule has 1 saturated heterocycles. The van der Waals surface area contributed by atoms with Crippen LogP contribution < -0.4 is 5.32 Å². The third-order valence-corrected chi connectivity index (χ3v) is 5.91. The van der Waals surface area contributed by atoms with Crippen molar-refractivity contribution < 1.29 is 14.3 Å². The van der Waals surface area contributed by atoms with Crippen LogP contribution in [0, 0.1) is 0 Å². The van der Waals surface area contributed by atoms with Crippen LogP contribution in [0.2, 0.25) is 0 Å². The largest absolute Gasteiger partial charge is 0.378 e. The van der Waals surface area contributed by atoms with Crippen molar-refractivity contribution >= 4 is 22.7 Å². The van der Waals surface area contributed by atoms with Crippen LogP contribution in [0.1, 0.15) is 17.0 Å². The standard InChI is InChI=1S/C26H29N3O3/c1-28(19-22-12-7-11-20-10-5-6-13-23(20)22)26(31)27-18-24(21-8-3-2-4-9-21)25(30)29-14-16-32-17-15-29/h2-13,24H,14-19H2,1H3,(H,27,31). The highest BCUT2D eigenvalue weighted by Crippen LogP contribution is 2.21. The third kappa shape index (κ3) is 5.08. The molecule has 1 fully saturated rings. The summed E-state index contributed by atoms with van der Waals surface area (Å²) in [6, 6.07) is 23.7. The highest BCUT2D eigenvalue weighted by atomic mass is 16.5. The second kappa shape index (κ2) is 10.3. The second-order valence-corrected chi connectivity index (χ2v) is 8.08. The van der Waals surface area contributed by atoms with E-state index in [2.05, 4.69) is 23.5 Å². The number of hydrogen-bond acceptors (Lipinski definition) is 3. The van der Waals surface area contributed by atoms with Gasteiger partial charge in [-0.2, -0.15) is 0 Å². The van der Waals surface area contributed by atoms with Crippen LogP contribution in [0.3, 0.4) is 0 Å². The fraction of sp³-hybridized carbons (Fsp3) is 0.308. The number of fused-ring (bicyclic) bond motifs is 1. The fourth-order valence-electron chi connectivity index (χ4n) is 4.12. The van der Waals surface area contributed by atoms with Gasteiger partial charge in [-0.25, -0.2) is 4.79 Å². The second-order valence-electron chi connectivity index (χ2n) is 8.08. The molecule has 3 amide bonds. The minimum Gasteiger partial charge on any atom is -0.378 e. The van der Waals surface area contributed by atoms with Gasteiger partial charge in [-0.15, -0.1) is 0 Å². The topological polar surface area (TPSA) is 61.9 Å². The van der Waals surface area contributed by atoms with E-state index in [0.29, 0.717) is 32.8 Å². The van der Waals surface area contributed by atoms with Gasteiger partial charge in [0.15, 0.2) is 0 Å². The summed E-state index contributed by atoms with van der Waals surface area (Å²) < 4.78 is 5.38. The molecule has 4 rings (SSSR count). The molecule has 0 aromatic heterocycles. The van der Waals surface area contributed by atoms with Gasteiger partial charge in [0, 0.05) is 33.2 Å². The molecule has 0 radical (unpaired) electrons. The van der Waals surface area contributed by atoms with Crippen LogP contribution in [0.15, 0.2) is 72.8 Å². The summed E-state index contributed by atoms with van der Waals surface area (Å²) in [6.07, 6.45) is 0. The summed E-state index contributed by atoms with van der Waals surface area (Å²) >= 11 is 0. The molecule has 0 spiro atoms. The van der Waals surface area contributed by atoms with Crippen molar-refractivity contribution in [1.29, 1.82) is 0 Å². The van der Waals surface area contributed by atoms with E-state index in [1.807, 2.05) is 59.5 Å². The monoisotopic (exact) mass is 431 g/mol. The molecule has 1 heterocycles. The molecular weight excluding hydrogens is 402 g/mol. The van der Waals surface area contributed by atoms with Crippen molar-refractivity contribution in [3.63, 3.8) is 0 Å². The van der Waals surface area contributed by atoms with Crippen LogP contribution in [-0.2, 0) is 16.1 Å². The Morgan fingerprint density at radius 2 is 1.66 bits per heavy atom. The predicted octanol–water partition coefficient (Wildman–Crippen LogP) is 3.62. The van der Waals surface area contributed by atoms with Crippen LogP contribution in [-0.4, -0.2) is 61.6 Å². The van der Waals surface area contributed by atoms with E-state index < -0.39 is 5.92 Å². The van der Waals surface area contributed by atoms with Gasteiger partial charge in [-0.05, 0) is 21.9 Å². The lowest BCUT2D eigenvalue weighted by molar-refractivity contribution is -0.136. The molecular formula is C26H29N3O3. The lowest BCUT2D eigenvalue weighted by atomic mass is 9.97. The Balaban J connectivity index is 1.43. The molecule has 1 N–H and O–H groups in total. The Kier molecular flexibility index (Phi) is 7.02. The highest BCUT2D eigenvalue weighted by Gasteiger charge is 2.28. The van der Waals surface area contributed by atoms with Crippen LogP contribution >= 0.6 is 0 Å².